The lowest BCUT2D eigenvalue weighted by Crippen LogP contribution is -2.36. The van der Waals surface area contributed by atoms with E-state index in [9.17, 15) is 22.8 Å². The zero-order valence-electron chi connectivity index (χ0n) is 21.9. The number of rotatable bonds is 11. The van der Waals surface area contributed by atoms with Crippen LogP contribution >= 0.6 is 11.3 Å². The van der Waals surface area contributed by atoms with Crippen LogP contribution in [-0.2, 0) is 27.7 Å². The number of hydrogen-bond donors (Lipinski definition) is 4. The van der Waals surface area contributed by atoms with Gasteiger partial charge in [-0.15, -0.1) is 11.3 Å². The van der Waals surface area contributed by atoms with Crippen molar-refractivity contribution >= 4 is 56.7 Å². The number of nitrogens with zero attached hydrogens (tertiary/aromatic N) is 2. The molecule has 1 aliphatic rings. The number of nitrogens with one attached hydrogen (secondary N) is 4. The molecule has 0 unspecified atom stereocenters. The van der Waals surface area contributed by atoms with Crippen LogP contribution in [0.2, 0.25) is 0 Å². The molecule has 12 nitrogen and oxygen atoms in total. The third-order valence-corrected chi connectivity index (χ3v) is 9.08. The van der Waals surface area contributed by atoms with Gasteiger partial charge in [0.05, 0.1) is 17.1 Å². The van der Waals surface area contributed by atoms with E-state index >= 15 is 0 Å². The third kappa shape index (κ3) is 6.95. The summed E-state index contributed by atoms with van der Waals surface area (Å²) in [7, 11) is -3.98. The van der Waals surface area contributed by atoms with E-state index in [-0.39, 0.29) is 40.7 Å². The number of amides is 3. The summed E-state index contributed by atoms with van der Waals surface area (Å²) in [5.74, 6) is -1.22. The molecule has 0 fully saturated rings. The molecule has 1 aromatic carbocycles. The second kappa shape index (κ2) is 13.1. The molecule has 0 saturated heterocycles. The van der Waals surface area contributed by atoms with E-state index in [2.05, 4.69) is 29.4 Å². The molecule has 14 heteroatoms. The number of benzene rings is 1. The van der Waals surface area contributed by atoms with Crippen molar-refractivity contribution in [2.75, 3.05) is 31.6 Å². The average Bonchev–Trinajstić information content (AvgIpc) is 3.25. The van der Waals surface area contributed by atoms with Gasteiger partial charge in [-0.3, -0.25) is 19.8 Å². The van der Waals surface area contributed by atoms with Crippen molar-refractivity contribution in [2.24, 2.45) is 0 Å². The van der Waals surface area contributed by atoms with E-state index in [1.807, 2.05) is 0 Å². The zero-order valence-corrected chi connectivity index (χ0v) is 23.6. The van der Waals surface area contributed by atoms with E-state index in [0.29, 0.717) is 19.0 Å². The number of carbonyl (C=O) groups excluding carboxylic acids is 3. The molecule has 0 radical (unpaired) electrons. The first kappa shape index (κ1) is 30.1. The lowest BCUT2D eigenvalue weighted by molar-refractivity contribution is 0.0924. The molecule has 1 aromatic heterocycles. The molecule has 0 bridgehead atoms. The van der Waals surface area contributed by atoms with Crippen LogP contribution in [0.4, 0.5) is 9.80 Å². The predicted molar refractivity (Wildman–Crippen MR) is 149 cm³/mol. The lowest BCUT2D eigenvalue weighted by atomic mass is 10.0. The topological polar surface area (TPSA) is 173 Å². The van der Waals surface area contributed by atoms with Crippen LogP contribution in [0.5, 0.6) is 0 Å². The van der Waals surface area contributed by atoms with Gasteiger partial charge in [0, 0.05) is 55.1 Å². The summed E-state index contributed by atoms with van der Waals surface area (Å²) < 4.78 is 31.5. The van der Waals surface area contributed by atoms with Crippen LogP contribution in [0.15, 0.2) is 29.2 Å². The Morgan fingerprint density at radius 3 is 2.33 bits per heavy atom. The first-order valence-electron chi connectivity index (χ1n) is 12.3. The Kier molecular flexibility index (Phi) is 10.1. The fourth-order valence-electron chi connectivity index (χ4n) is 4.09. The summed E-state index contributed by atoms with van der Waals surface area (Å²) in [6.45, 7) is 6.82. The molecule has 39 heavy (non-hydrogen) atoms. The number of anilines is 1. The van der Waals surface area contributed by atoms with Gasteiger partial charge >= 0.3 is 6.09 Å². The monoisotopic (exact) mass is 576 g/mol. The van der Waals surface area contributed by atoms with Gasteiger partial charge in [-0.05, 0) is 57.0 Å². The van der Waals surface area contributed by atoms with E-state index in [1.165, 1.54) is 35.6 Å². The molecule has 3 amide bonds. The Hall–Kier alpha value is -3.46. The summed E-state index contributed by atoms with van der Waals surface area (Å²) in [6, 6.07) is 5.54. The molecule has 4 N–H and O–H groups in total. The quantitative estimate of drug-likeness (QED) is 0.298. The number of sulfonamides is 1. The van der Waals surface area contributed by atoms with Crippen molar-refractivity contribution in [3.05, 3.63) is 45.8 Å². The molecule has 2 heterocycles. The molecular weight excluding hydrogens is 544 g/mol. The molecule has 0 aliphatic carbocycles. The molecule has 2 aromatic rings. The minimum atomic E-state index is -3.98. The van der Waals surface area contributed by atoms with Gasteiger partial charge < -0.3 is 20.9 Å². The highest BCUT2D eigenvalue weighted by atomic mass is 32.2. The Bertz CT molecular complexity index is 1340. The highest BCUT2D eigenvalue weighted by molar-refractivity contribution is 7.89. The first-order chi connectivity index (χ1) is 18.5. The van der Waals surface area contributed by atoms with Gasteiger partial charge in [0.15, 0.2) is 0 Å². The maximum atomic E-state index is 13.1. The van der Waals surface area contributed by atoms with Gasteiger partial charge in [-0.2, -0.15) is 4.31 Å². The maximum Gasteiger partial charge on any atom is 0.414 e. The number of ether oxygens (including phenoxy) is 1. The van der Waals surface area contributed by atoms with E-state index < -0.39 is 27.9 Å². The SMILES string of the molecule is CCOC(=O)NC(=O)c1c(NC(=O)c2ccc(S(=O)(=O)N(CC=N)CC=N)cc2)sc2c1CCN(C(C)C)C2. The van der Waals surface area contributed by atoms with Crippen molar-refractivity contribution in [3.8, 4) is 0 Å². The molecule has 0 saturated carbocycles. The Morgan fingerprint density at radius 1 is 1.13 bits per heavy atom. The average molecular weight is 577 g/mol. The highest BCUT2D eigenvalue weighted by Gasteiger charge is 2.31. The van der Waals surface area contributed by atoms with E-state index in [0.717, 1.165) is 33.7 Å². The summed E-state index contributed by atoms with van der Waals surface area (Å²) in [4.78, 5) is 41.2. The molecular formula is C25H32N6O6S2. The Balaban J connectivity index is 1.89. The van der Waals surface area contributed by atoms with Gasteiger partial charge in [-0.1, -0.05) is 0 Å². The number of carbonyl (C=O) groups is 3. The van der Waals surface area contributed by atoms with E-state index in [1.54, 1.807) is 6.92 Å². The Morgan fingerprint density at radius 2 is 1.77 bits per heavy atom. The van der Waals surface area contributed by atoms with Crippen molar-refractivity contribution in [1.29, 1.82) is 10.8 Å². The minimum Gasteiger partial charge on any atom is -0.450 e. The van der Waals surface area contributed by atoms with Gasteiger partial charge in [0.1, 0.15) is 5.00 Å². The Labute approximate surface area is 231 Å². The zero-order chi connectivity index (χ0) is 28.7. The third-order valence-electron chi connectivity index (χ3n) is 6.11. The smallest absolute Gasteiger partial charge is 0.414 e. The fourth-order valence-corrected chi connectivity index (χ4v) is 6.68. The highest BCUT2D eigenvalue weighted by Crippen LogP contribution is 2.38. The van der Waals surface area contributed by atoms with Crippen molar-refractivity contribution in [1.82, 2.24) is 14.5 Å². The van der Waals surface area contributed by atoms with Crippen LogP contribution in [0.3, 0.4) is 0 Å². The summed E-state index contributed by atoms with van der Waals surface area (Å²) in [5.41, 5.74) is 1.15. The second-order valence-electron chi connectivity index (χ2n) is 8.91. The fraction of sp³-hybridized carbons (Fsp3) is 0.400. The first-order valence-corrected chi connectivity index (χ1v) is 14.5. The standard InChI is InChI=1S/C25H32N6O6S2/c1-4-37-25(34)29-23(33)21-19-9-12-30(16(2)3)15-20(19)38-24(21)28-22(32)17-5-7-18(8-6-17)39(35,36)31(13-10-26)14-11-27/h5-8,10-11,16,26-27H,4,9,12-15H2,1-3H3,(H,28,32)(H,29,33,34). The summed E-state index contributed by atoms with van der Waals surface area (Å²) >= 11 is 1.27. The van der Waals surface area contributed by atoms with Crippen molar-refractivity contribution in [3.63, 3.8) is 0 Å². The molecule has 1 aliphatic heterocycles. The molecule has 0 atom stereocenters. The normalized spacial score (nSPS) is 13.6. The predicted octanol–water partition coefficient (Wildman–Crippen LogP) is 2.94. The van der Waals surface area contributed by atoms with Crippen LogP contribution in [0.25, 0.3) is 0 Å². The van der Waals surface area contributed by atoms with Crippen molar-refractivity contribution in [2.45, 2.75) is 44.7 Å². The summed E-state index contributed by atoms with van der Waals surface area (Å²) in [6.07, 6.45) is 1.55. The lowest BCUT2D eigenvalue weighted by Gasteiger charge is -2.30. The number of fused-ring (bicyclic) bond motifs is 1. The largest absolute Gasteiger partial charge is 0.450 e. The van der Waals surface area contributed by atoms with E-state index in [4.69, 9.17) is 15.6 Å². The van der Waals surface area contributed by atoms with Gasteiger partial charge in [0.2, 0.25) is 10.0 Å². The second-order valence-corrected chi connectivity index (χ2v) is 11.9. The van der Waals surface area contributed by atoms with Gasteiger partial charge in [-0.25, -0.2) is 13.2 Å². The van der Waals surface area contributed by atoms with Crippen LogP contribution in [-0.4, -0.2) is 80.2 Å². The van der Waals surface area contributed by atoms with Crippen LogP contribution < -0.4 is 10.6 Å². The molecule has 0 spiro atoms. The molecule has 3 rings (SSSR count). The summed E-state index contributed by atoms with van der Waals surface area (Å²) in [5, 5.41) is 19.7. The van der Waals surface area contributed by atoms with Crippen LogP contribution in [0, 0.1) is 10.8 Å². The van der Waals surface area contributed by atoms with Crippen LogP contribution in [0.1, 0.15) is 51.9 Å². The minimum absolute atomic E-state index is 0.0855. The number of imide groups is 1. The molecule has 210 valence electrons. The van der Waals surface area contributed by atoms with Gasteiger partial charge in [0.25, 0.3) is 11.8 Å². The number of alkyl carbamates (subject to hydrolysis) is 1. The number of hydrogen-bond acceptors (Lipinski definition) is 10. The van der Waals surface area contributed by atoms with Crippen molar-refractivity contribution < 1.29 is 27.5 Å². The number of thiophene rings is 1. The maximum absolute atomic E-state index is 13.1.